The fraction of sp³-hybridized carbons (Fsp3) is 0.562. The highest BCUT2D eigenvalue weighted by atomic mass is 32.1. The van der Waals surface area contributed by atoms with Gasteiger partial charge in [0.25, 0.3) is 0 Å². The largest absolute Gasteiger partial charge is 0.455 e. The second-order valence-electron chi connectivity index (χ2n) is 21.9. The highest BCUT2D eigenvalue weighted by Gasteiger charge is 2.66. The number of nitrogens with zero attached hydrogens (tertiary/aromatic N) is 6. The van der Waals surface area contributed by atoms with Crippen molar-refractivity contribution in [3.05, 3.63) is 77.0 Å². The third-order valence-corrected chi connectivity index (χ3v) is 19.2. The Morgan fingerprint density at radius 3 is 2.23 bits per heavy atom. The molecule has 1 aromatic carbocycles. The van der Waals surface area contributed by atoms with Gasteiger partial charge in [0.15, 0.2) is 25.0 Å². The first-order valence-electron chi connectivity index (χ1n) is 22.0. The van der Waals surface area contributed by atoms with E-state index >= 15 is 0 Å². The third-order valence-electron chi connectivity index (χ3n) is 13.7. The van der Waals surface area contributed by atoms with E-state index in [-0.39, 0.29) is 44.0 Å². The van der Waals surface area contributed by atoms with Crippen LogP contribution in [0.1, 0.15) is 132 Å². The Labute approximate surface area is 371 Å². The second kappa shape index (κ2) is 15.4. The van der Waals surface area contributed by atoms with Crippen molar-refractivity contribution in [1.29, 1.82) is 0 Å². The first kappa shape index (κ1) is 44.2. The van der Waals surface area contributed by atoms with Gasteiger partial charge in [0.05, 0.1) is 35.2 Å². The van der Waals surface area contributed by atoms with Crippen molar-refractivity contribution in [3.8, 4) is 11.1 Å². The van der Waals surface area contributed by atoms with E-state index in [4.69, 9.17) is 24.0 Å². The molecule has 9 rings (SSSR count). The van der Waals surface area contributed by atoms with E-state index in [0.717, 1.165) is 60.1 Å². The Morgan fingerprint density at radius 2 is 1.56 bits per heavy atom. The van der Waals surface area contributed by atoms with Crippen LogP contribution in [0.25, 0.3) is 21.3 Å². The van der Waals surface area contributed by atoms with Crippen molar-refractivity contribution >= 4 is 52.6 Å². The Morgan fingerprint density at radius 1 is 0.855 bits per heavy atom. The number of fused-ring (bicyclic) bond motifs is 1. The molecule has 4 fully saturated rings. The lowest BCUT2D eigenvalue weighted by atomic mass is 9.39. The molecule has 0 radical (unpaired) electrons. The van der Waals surface area contributed by atoms with Crippen LogP contribution in [0.4, 0.5) is 10.9 Å². The molecule has 4 bridgehead atoms. The van der Waals surface area contributed by atoms with Crippen LogP contribution >= 0.6 is 11.3 Å². The van der Waals surface area contributed by atoms with Gasteiger partial charge in [-0.1, -0.05) is 58.1 Å². The Balaban J connectivity index is 1.04. The van der Waals surface area contributed by atoms with Gasteiger partial charge >= 0.3 is 5.97 Å². The van der Waals surface area contributed by atoms with Gasteiger partial charge in [-0.3, -0.25) is 9.48 Å². The van der Waals surface area contributed by atoms with Crippen molar-refractivity contribution in [1.82, 2.24) is 29.9 Å². The van der Waals surface area contributed by atoms with Gasteiger partial charge in [-0.05, 0) is 143 Å². The van der Waals surface area contributed by atoms with E-state index in [0.29, 0.717) is 35.3 Å². The molecule has 14 heteroatoms. The standard InChI is InChI=1S/C48H63N7O5SSi/c1-30-21-36(53-54-40(30)52-42-51-34-15-13-14-16-37(34)61-42)39(56)35-18-17-32(38(50-35)41(57)60-43(3,4)5)33-22-49-55(31(33)2)29-47-24-45(9)23-46(10,25-47)27-48(26-45,28-47)58-19-20-59-62(11,12)44(6,7)8/h13-18,21-22H,19-20,23-29H2,1-12H3,(H,51,52,54)/t45-,46+,47?,48?. The minimum Gasteiger partial charge on any atom is -0.455 e. The van der Waals surface area contributed by atoms with Gasteiger partial charge in [0, 0.05) is 23.4 Å². The highest BCUT2D eigenvalue weighted by molar-refractivity contribution is 7.22. The number of rotatable bonds is 13. The number of anilines is 2. The summed E-state index contributed by atoms with van der Waals surface area (Å²) in [5.74, 6) is -0.579. The molecular weight excluding hydrogens is 815 g/mol. The number of carbonyl (C=O) groups is 2. The van der Waals surface area contributed by atoms with Crippen LogP contribution in [0.3, 0.4) is 0 Å². The molecule has 12 nitrogen and oxygen atoms in total. The number of ether oxygens (including phenoxy) is 2. The fourth-order valence-corrected chi connectivity index (χ4v) is 13.2. The van der Waals surface area contributed by atoms with Crippen LogP contribution in [0.15, 0.2) is 48.7 Å². The SMILES string of the molecule is Cc1cc(C(=O)c2ccc(-c3cnn(CC45CC6(OCCO[Si](C)(C)C(C)(C)C)C[C@](C)(C4)C[C@](C)(C5)C6)c3C)c(C(=O)OC(C)(C)C)n2)nnc1Nc1nc2ccccc2s1. The molecule has 0 spiro atoms. The summed E-state index contributed by atoms with van der Waals surface area (Å²) in [5, 5.41) is 17.7. The Kier molecular flexibility index (Phi) is 11.0. The molecule has 0 aliphatic heterocycles. The van der Waals surface area contributed by atoms with Crippen molar-refractivity contribution in [3.63, 3.8) is 0 Å². The van der Waals surface area contributed by atoms with Gasteiger partial charge in [-0.15, -0.1) is 10.2 Å². The van der Waals surface area contributed by atoms with Gasteiger partial charge in [0.1, 0.15) is 17.0 Å². The van der Waals surface area contributed by atoms with E-state index in [1.165, 1.54) is 17.8 Å². The lowest BCUT2D eigenvalue weighted by molar-refractivity contribution is -0.249. The summed E-state index contributed by atoms with van der Waals surface area (Å²) in [4.78, 5) is 37.3. The smallest absolute Gasteiger partial charge is 0.358 e. The van der Waals surface area contributed by atoms with Crippen LogP contribution in [0, 0.1) is 30.1 Å². The van der Waals surface area contributed by atoms with Crippen LogP contribution in [0.5, 0.6) is 0 Å². The number of hydrogen-bond acceptors (Lipinski definition) is 12. The number of ketones is 1. The first-order valence-corrected chi connectivity index (χ1v) is 25.7. The maximum Gasteiger partial charge on any atom is 0.358 e. The third kappa shape index (κ3) is 8.76. The number of aryl methyl sites for hydroxylation is 1. The summed E-state index contributed by atoms with van der Waals surface area (Å²) >= 11 is 1.51. The molecule has 62 heavy (non-hydrogen) atoms. The molecular formula is C48H63N7O5SSi. The molecule has 330 valence electrons. The molecule has 4 heterocycles. The predicted octanol–water partition coefficient (Wildman–Crippen LogP) is 11.0. The van der Waals surface area contributed by atoms with Crippen LogP contribution < -0.4 is 5.32 Å². The molecule has 5 aromatic rings. The fourth-order valence-electron chi connectivity index (χ4n) is 11.3. The number of carbonyl (C=O) groups excluding carboxylic acids is 2. The maximum absolute atomic E-state index is 14.0. The van der Waals surface area contributed by atoms with E-state index < -0.39 is 25.7 Å². The number of hydrogen-bond donors (Lipinski definition) is 1. The number of esters is 1. The van der Waals surface area contributed by atoms with E-state index in [1.54, 1.807) is 18.2 Å². The summed E-state index contributed by atoms with van der Waals surface area (Å²) in [6.45, 7) is 27.7. The summed E-state index contributed by atoms with van der Waals surface area (Å²) in [5.41, 5.74) is 3.48. The molecule has 4 saturated carbocycles. The maximum atomic E-state index is 14.0. The predicted molar refractivity (Wildman–Crippen MR) is 247 cm³/mol. The summed E-state index contributed by atoms with van der Waals surface area (Å²) in [7, 11) is -1.88. The average Bonchev–Trinajstić information content (AvgIpc) is 3.72. The lowest BCUT2D eigenvalue weighted by Gasteiger charge is -2.69. The highest BCUT2D eigenvalue weighted by Crippen LogP contribution is 2.72. The lowest BCUT2D eigenvalue weighted by Crippen LogP contribution is -2.64. The minimum atomic E-state index is -1.88. The zero-order valence-corrected chi connectivity index (χ0v) is 40.4. The van der Waals surface area contributed by atoms with E-state index in [9.17, 15) is 9.59 Å². The van der Waals surface area contributed by atoms with E-state index in [2.05, 4.69) is 79.8 Å². The Hall–Kier alpha value is -4.37. The molecule has 4 aromatic heterocycles. The summed E-state index contributed by atoms with van der Waals surface area (Å²) in [6.07, 6.45) is 8.42. The minimum absolute atomic E-state index is 0.00767. The first-order chi connectivity index (χ1) is 28.9. The number of pyridine rings is 1. The van der Waals surface area contributed by atoms with Crippen molar-refractivity contribution in [2.45, 2.75) is 144 Å². The van der Waals surface area contributed by atoms with Gasteiger partial charge in [-0.2, -0.15) is 5.10 Å². The monoisotopic (exact) mass is 877 g/mol. The summed E-state index contributed by atoms with van der Waals surface area (Å²) in [6, 6.07) is 13.0. The van der Waals surface area contributed by atoms with E-state index in [1.807, 2.05) is 58.2 Å². The average molecular weight is 878 g/mol. The second-order valence-corrected chi connectivity index (χ2v) is 27.8. The quantitative estimate of drug-likeness (QED) is 0.0522. The zero-order chi connectivity index (χ0) is 44.7. The van der Waals surface area contributed by atoms with Crippen LogP contribution in [0.2, 0.25) is 18.1 Å². The van der Waals surface area contributed by atoms with Gasteiger partial charge in [0.2, 0.25) is 5.78 Å². The molecule has 1 N–H and O–H groups in total. The van der Waals surface area contributed by atoms with Crippen molar-refractivity contribution < 1.29 is 23.5 Å². The normalized spacial score (nSPS) is 24.8. The van der Waals surface area contributed by atoms with Gasteiger partial charge in [-0.25, -0.2) is 14.8 Å². The zero-order valence-electron chi connectivity index (χ0n) is 38.6. The molecule has 4 aliphatic carbocycles. The topological polar surface area (TPSA) is 143 Å². The van der Waals surface area contributed by atoms with Gasteiger partial charge < -0.3 is 19.2 Å². The van der Waals surface area contributed by atoms with Crippen LogP contribution in [-0.2, 0) is 20.4 Å². The number of para-hydroxylation sites is 1. The van der Waals surface area contributed by atoms with Crippen molar-refractivity contribution in [2.24, 2.45) is 16.2 Å². The molecule has 4 atom stereocenters. The molecule has 0 amide bonds. The number of aromatic nitrogens is 6. The number of nitrogens with one attached hydrogen (secondary N) is 1. The molecule has 0 saturated heterocycles. The number of thiazole rings is 1. The van der Waals surface area contributed by atoms with Crippen LogP contribution in [-0.4, -0.2) is 74.4 Å². The number of benzene rings is 1. The molecule has 2 unspecified atom stereocenters. The molecule has 4 aliphatic rings. The summed E-state index contributed by atoms with van der Waals surface area (Å²) < 4.78 is 22.6. The Bertz CT molecular complexity index is 2500. The van der Waals surface area contributed by atoms with Crippen molar-refractivity contribution in [2.75, 3.05) is 18.5 Å².